The van der Waals surface area contributed by atoms with Crippen LogP contribution in [0.1, 0.15) is 24.0 Å². The molecular weight excluding hydrogens is 326 g/mol. The van der Waals surface area contributed by atoms with E-state index < -0.39 is 0 Å². The highest BCUT2D eigenvalue weighted by Crippen LogP contribution is 2.34. The summed E-state index contributed by atoms with van der Waals surface area (Å²) in [6.07, 6.45) is 1.81. The van der Waals surface area contributed by atoms with Crippen molar-refractivity contribution in [2.24, 2.45) is 0 Å². The van der Waals surface area contributed by atoms with Crippen molar-refractivity contribution in [2.75, 3.05) is 31.6 Å². The van der Waals surface area contributed by atoms with Crippen molar-refractivity contribution in [3.8, 4) is 6.07 Å². The van der Waals surface area contributed by atoms with Crippen LogP contribution in [0.15, 0.2) is 54.6 Å². The van der Waals surface area contributed by atoms with Crippen LogP contribution < -0.4 is 10.6 Å². The summed E-state index contributed by atoms with van der Waals surface area (Å²) in [5.41, 5.74) is 2.61. The van der Waals surface area contributed by atoms with Gasteiger partial charge in [-0.3, -0.25) is 4.79 Å². The SMILES string of the molecule is N#Cc1ccc(NCC(=O)NCC2(c3ccccc3)CCOCC2)cc1. The van der Waals surface area contributed by atoms with Crippen molar-refractivity contribution in [2.45, 2.75) is 18.3 Å². The fourth-order valence-corrected chi connectivity index (χ4v) is 3.30. The third-order valence-electron chi connectivity index (χ3n) is 4.93. The zero-order valence-electron chi connectivity index (χ0n) is 14.7. The van der Waals surface area contributed by atoms with Crippen LogP contribution in [0.2, 0.25) is 0 Å². The summed E-state index contributed by atoms with van der Waals surface area (Å²) in [7, 11) is 0. The minimum atomic E-state index is -0.0659. The number of anilines is 1. The molecule has 0 spiro atoms. The number of hydrogen-bond acceptors (Lipinski definition) is 4. The van der Waals surface area contributed by atoms with E-state index >= 15 is 0 Å². The Hall–Kier alpha value is -2.84. The first-order valence-electron chi connectivity index (χ1n) is 8.86. The molecule has 0 unspecified atom stereocenters. The normalized spacial score (nSPS) is 15.7. The molecule has 0 aromatic heterocycles. The van der Waals surface area contributed by atoms with Crippen LogP contribution in [0.4, 0.5) is 5.69 Å². The lowest BCUT2D eigenvalue weighted by molar-refractivity contribution is -0.119. The molecule has 5 heteroatoms. The van der Waals surface area contributed by atoms with Crippen LogP contribution in [0.25, 0.3) is 0 Å². The Morgan fingerprint density at radius 1 is 1.08 bits per heavy atom. The van der Waals surface area contributed by atoms with E-state index in [-0.39, 0.29) is 17.9 Å². The number of carbonyl (C=O) groups excluding carboxylic acids is 1. The Balaban J connectivity index is 1.56. The predicted octanol–water partition coefficient (Wildman–Crippen LogP) is 2.83. The van der Waals surface area contributed by atoms with Gasteiger partial charge >= 0.3 is 0 Å². The van der Waals surface area contributed by atoms with Gasteiger partial charge in [0.2, 0.25) is 5.91 Å². The van der Waals surface area contributed by atoms with Gasteiger partial charge < -0.3 is 15.4 Å². The van der Waals surface area contributed by atoms with Gasteiger partial charge in [-0.1, -0.05) is 30.3 Å². The number of ether oxygens (including phenoxy) is 1. The summed E-state index contributed by atoms with van der Waals surface area (Å²) in [5.74, 6) is -0.0452. The molecule has 1 aliphatic heterocycles. The van der Waals surface area contributed by atoms with Gasteiger partial charge in [0.1, 0.15) is 0 Å². The summed E-state index contributed by atoms with van der Waals surface area (Å²) in [6, 6.07) is 19.5. The second-order valence-corrected chi connectivity index (χ2v) is 6.58. The van der Waals surface area contributed by atoms with Gasteiger partial charge in [-0.05, 0) is 42.7 Å². The molecular formula is C21H23N3O2. The predicted molar refractivity (Wildman–Crippen MR) is 101 cm³/mol. The molecule has 5 nitrogen and oxygen atoms in total. The molecule has 0 aliphatic carbocycles. The molecule has 1 heterocycles. The third kappa shape index (κ3) is 4.41. The zero-order chi connectivity index (χ0) is 18.2. The molecule has 2 aromatic carbocycles. The molecule has 0 saturated carbocycles. The number of nitrogens with one attached hydrogen (secondary N) is 2. The van der Waals surface area contributed by atoms with Crippen molar-refractivity contribution >= 4 is 11.6 Å². The molecule has 1 fully saturated rings. The van der Waals surface area contributed by atoms with Crippen molar-refractivity contribution in [1.29, 1.82) is 5.26 Å². The van der Waals surface area contributed by atoms with Gasteiger partial charge in [0.25, 0.3) is 0 Å². The summed E-state index contributed by atoms with van der Waals surface area (Å²) in [6.45, 7) is 2.24. The lowest BCUT2D eigenvalue weighted by Gasteiger charge is -2.38. The van der Waals surface area contributed by atoms with E-state index in [1.165, 1.54) is 5.56 Å². The highest BCUT2D eigenvalue weighted by molar-refractivity contribution is 5.80. The fourth-order valence-electron chi connectivity index (χ4n) is 3.30. The maximum atomic E-state index is 12.3. The Kier molecular flexibility index (Phi) is 5.88. The van der Waals surface area contributed by atoms with Gasteiger partial charge in [-0.2, -0.15) is 5.26 Å². The summed E-state index contributed by atoms with van der Waals surface area (Å²) < 4.78 is 5.53. The van der Waals surface area contributed by atoms with Crippen molar-refractivity contribution in [1.82, 2.24) is 5.32 Å². The maximum Gasteiger partial charge on any atom is 0.239 e. The van der Waals surface area contributed by atoms with Crippen LogP contribution in [0, 0.1) is 11.3 Å². The molecule has 134 valence electrons. The molecule has 2 aromatic rings. The number of nitrogens with zero attached hydrogens (tertiary/aromatic N) is 1. The standard InChI is InChI=1S/C21H23N3O2/c22-14-17-6-8-19(9-7-17)23-15-20(25)24-16-21(10-12-26-13-11-21)18-4-2-1-3-5-18/h1-9,23H,10-13,15-16H2,(H,24,25). The monoisotopic (exact) mass is 349 g/mol. The Bertz CT molecular complexity index is 760. The topological polar surface area (TPSA) is 74.2 Å². The molecule has 26 heavy (non-hydrogen) atoms. The first-order chi connectivity index (χ1) is 12.7. The summed E-state index contributed by atoms with van der Waals surface area (Å²) in [4.78, 5) is 12.3. The largest absolute Gasteiger partial charge is 0.381 e. The van der Waals surface area contributed by atoms with E-state index in [2.05, 4.69) is 28.8 Å². The highest BCUT2D eigenvalue weighted by Gasteiger charge is 2.34. The molecule has 0 bridgehead atoms. The minimum Gasteiger partial charge on any atom is -0.381 e. The Morgan fingerprint density at radius 3 is 2.42 bits per heavy atom. The van der Waals surface area contributed by atoms with Crippen LogP contribution in [-0.2, 0) is 14.9 Å². The van der Waals surface area contributed by atoms with E-state index in [4.69, 9.17) is 10.00 Å². The van der Waals surface area contributed by atoms with Crippen LogP contribution in [0.5, 0.6) is 0 Å². The van der Waals surface area contributed by atoms with Crippen molar-refractivity contribution in [3.05, 3.63) is 65.7 Å². The zero-order valence-corrected chi connectivity index (χ0v) is 14.7. The van der Waals surface area contributed by atoms with E-state index in [9.17, 15) is 4.79 Å². The third-order valence-corrected chi connectivity index (χ3v) is 4.93. The van der Waals surface area contributed by atoms with E-state index in [0.29, 0.717) is 25.3 Å². The highest BCUT2D eigenvalue weighted by atomic mass is 16.5. The number of benzene rings is 2. The first-order valence-corrected chi connectivity index (χ1v) is 8.86. The van der Waals surface area contributed by atoms with E-state index in [1.54, 1.807) is 24.3 Å². The van der Waals surface area contributed by atoms with Gasteiger partial charge in [0.05, 0.1) is 18.2 Å². The van der Waals surface area contributed by atoms with Gasteiger partial charge in [-0.25, -0.2) is 0 Å². The summed E-state index contributed by atoms with van der Waals surface area (Å²) in [5, 5.41) is 15.0. The number of carbonyl (C=O) groups is 1. The number of nitriles is 1. The van der Waals surface area contributed by atoms with Crippen LogP contribution in [-0.4, -0.2) is 32.2 Å². The lowest BCUT2D eigenvalue weighted by Crippen LogP contribution is -2.45. The van der Waals surface area contributed by atoms with Gasteiger partial charge in [-0.15, -0.1) is 0 Å². The molecule has 0 atom stereocenters. The molecule has 1 saturated heterocycles. The van der Waals surface area contributed by atoms with Crippen molar-refractivity contribution < 1.29 is 9.53 Å². The molecule has 2 N–H and O–H groups in total. The van der Waals surface area contributed by atoms with E-state index in [1.807, 2.05) is 18.2 Å². The molecule has 1 aliphatic rings. The number of amides is 1. The van der Waals surface area contributed by atoms with Crippen molar-refractivity contribution in [3.63, 3.8) is 0 Å². The Morgan fingerprint density at radius 2 is 1.77 bits per heavy atom. The molecule has 1 amide bonds. The minimum absolute atomic E-state index is 0.0452. The summed E-state index contributed by atoms with van der Waals surface area (Å²) >= 11 is 0. The average molecular weight is 349 g/mol. The van der Waals surface area contributed by atoms with Gasteiger partial charge in [0, 0.05) is 30.9 Å². The van der Waals surface area contributed by atoms with Crippen LogP contribution >= 0.6 is 0 Å². The number of hydrogen-bond donors (Lipinski definition) is 2. The molecule has 0 radical (unpaired) electrons. The smallest absolute Gasteiger partial charge is 0.239 e. The fraction of sp³-hybridized carbons (Fsp3) is 0.333. The van der Waals surface area contributed by atoms with Gasteiger partial charge in [0.15, 0.2) is 0 Å². The second-order valence-electron chi connectivity index (χ2n) is 6.58. The lowest BCUT2D eigenvalue weighted by atomic mass is 9.74. The van der Waals surface area contributed by atoms with Crippen LogP contribution in [0.3, 0.4) is 0 Å². The quantitative estimate of drug-likeness (QED) is 0.841. The maximum absolute atomic E-state index is 12.3. The second kappa shape index (κ2) is 8.50. The number of rotatable bonds is 6. The Labute approximate surface area is 154 Å². The average Bonchev–Trinajstić information content (AvgIpc) is 2.72. The first kappa shape index (κ1) is 18.0. The molecule has 3 rings (SSSR count). The van der Waals surface area contributed by atoms with E-state index in [0.717, 1.165) is 18.5 Å².